The molecular formula is C14H11FINO4S. The number of aromatic carboxylic acids is 1. The first-order valence-electron chi connectivity index (χ1n) is 6.03. The number of anilines is 1. The molecule has 2 aromatic rings. The number of hydrogen-bond acceptors (Lipinski definition) is 3. The van der Waals surface area contributed by atoms with Gasteiger partial charge in [0.2, 0.25) is 0 Å². The third-order valence-electron chi connectivity index (χ3n) is 2.89. The first kappa shape index (κ1) is 16.7. The third-order valence-corrected chi connectivity index (χ3v) is 5.09. The molecule has 0 bridgehead atoms. The van der Waals surface area contributed by atoms with Gasteiger partial charge in [0.25, 0.3) is 10.0 Å². The summed E-state index contributed by atoms with van der Waals surface area (Å²) < 4.78 is 40.8. The van der Waals surface area contributed by atoms with Crippen molar-refractivity contribution in [3.05, 3.63) is 56.9 Å². The lowest BCUT2D eigenvalue weighted by atomic mass is 10.2. The normalized spacial score (nSPS) is 11.2. The van der Waals surface area contributed by atoms with E-state index in [4.69, 9.17) is 5.11 Å². The maximum Gasteiger partial charge on any atom is 0.337 e. The fourth-order valence-corrected chi connectivity index (χ4v) is 3.27. The highest BCUT2D eigenvalue weighted by Crippen LogP contribution is 2.27. The lowest BCUT2D eigenvalue weighted by molar-refractivity contribution is 0.0697. The topological polar surface area (TPSA) is 83.5 Å². The average molecular weight is 435 g/mol. The van der Waals surface area contributed by atoms with E-state index in [1.807, 2.05) is 4.72 Å². The molecule has 2 aromatic carbocycles. The van der Waals surface area contributed by atoms with Crippen molar-refractivity contribution in [1.82, 2.24) is 0 Å². The van der Waals surface area contributed by atoms with Crippen LogP contribution in [-0.2, 0) is 10.0 Å². The zero-order valence-electron chi connectivity index (χ0n) is 11.3. The van der Waals surface area contributed by atoms with Crippen LogP contribution in [0.2, 0.25) is 0 Å². The number of carbonyl (C=O) groups is 1. The Morgan fingerprint density at radius 3 is 2.32 bits per heavy atom. The minimum atomic E-state index is -4.08. The van der Waals surface area contributed by atoms with Crippen molar-refractivity contribution < 1.29 is 22.7 Å². The van der Waals surface area contributed by atoms with Gasteiger partial charge >= 0.3 is 5.97 Å². The summed E-state index contributed by atoms with van der Waals surface area (Å²) in [5.74, 6) is -2.34. The summed E-state index contributed by atoms with van der Waals surface area (Å²) in [6, 6.07) is 8.34. The Balaban J connectivity index is 2.52. The molecule has 0 saturated heterocycles. The van der Waals surface area contributed by atoms with E-state index in [1.54, 1.807) is 41.6 Å². The van der Waals surface area contributed by atoms with E-state index in [-0.39, 0.29) is 8.47 Å². The van der Waals surface area contributed by atoms with Crippen LogP contribution >= 0.6 is 22.6 Å². The highest BCUT2D eigenvalue weighted by atomic mass is 127. The van der Waals surface area contributed by atoms with Gasteiger partial charge in [-0.15, -0.1) is 0 Å². The number of sulfonamides is 1. The van der Waals surface area contributed by atoms with E-state index in [0.717, 1.165) is 11.6 Å². The molecule has 2 N–H and O–H groups in total. The molecule has 0 amide bonds. The Morgan fingerprint density at radius 1 is 1.18 bits per heavy atom. The van der Waals surface area contributed by atoms with Gasteiger partial charge in [0.05, 0.1) is 14.0 Å². The van der Waals surface area contributed by atoms with Gasteiger partial charge in [-0.3, -0.25) is 4.72 Å². The van der Waals surface area contributed by atoms with Gasteiger partial charge in [0.15, 0.2) is 5.82 Å². The summed E-state index contributed by atoms with van der Waals surface area (Å²) in [7, 11) is -4.08. The second-order valence-corrected chi connectivity index (χ2v) is 7.35. The zero-order valence-corrected chi connectivity index (χ0v) is 14.3. The Hall–Kier alpha value is -1.68. The van der Waals surface area contributed by atoms with Gasteiger partial charge < -0.3 is 5.11 Å². The maximum absolute atomic E-state index is 14.1. The minimum absolute atomic E-state index is 0.0762. The Morgan fingerprint density at radius 2 is 1.77 bits per heavy atom. The van der Waals surface area contributed by atoms with Crippen molar-refractivity contribution >= 4 is 44.3 Å². The van der Waals surface area contributed by atoms with Gasteiger partial charge in [-0.25, -0.2) is 17.6 Å². The highest BCUT2D eigenvalue weighted by molar-refractivity contribution is 14.1. The van der Waals surface area contributed by atoms with E-state index in [2.05, 4.69) is 0 Å². The molecule has 0 aromatic heterocycles. The molecule has 0 fully saturated rings. The fourth-order valence-electron chi connectivity index (χ4n) is 1.74. The predicted octanol–water partition coefficient (Wildman–Crippen LogP) is 3.24. The molecule has 0 aliphatic heterocycles. The predicted molar refractivity (Wildman–Crippen MR) is 88.1 cm³/mol. The summed E-state index contributed by atoms with van der Waals surface area (Å²) in [6.45, 7) is 1.80. The van der Waals surface area contributed by atoms with Crippen LogP contribution in [0.4, 0.5) is 10.1 Å². The third kappa shape index (κ3) is 3.38. The summed E-state index contributed by atoms with van der Waals surface area (Å²) in [5, 5.41) is 9.08. The first-order valence-corrected chi connectivity index (χ1v) is 8.59. The lowest BCUT2D eigenvalue weighted by Crippen LogP contribution is -2.17. The number of benzene rings is 2. The average Bonchev–Trinajstić information content (AvgIpc) is 2.44. The number of hydrogen-bond donors (Lipinski definition) is 2. The Kier molecular flexibility index (Phi) is 4.71. The van der Waals surface area contributed by atoms with E-state index in [9.17, 15) is 17.6 Å². The van der Waals surface area contributed by atoms with Gasteiger partial charge in [0, 0.05) is 0 Å². The first-order chi connectivity index (χ1) is 10.2. The molecule has 0 atom stereocenters. The molecule has 116 valence electrons. The summed E-state index contributed by atoms with van der Waals surface area (Å²) >= 11 is 1.66. The SMILES string of the molecule is Cc1ccc(S(=O)(=O)Nc2c(C(=O)O)ccc(I)c2F)cc1. The van der Waals surface area contributed by atoms with E-state index in [1.165, 1.54) is 18.2 Å². The quantitative estimate of drug-likeness (QED) is 0.723. The van der Waals surface area contributed by atoms with Crippen LogP contribution in [0.15, 0.2) is 41.3 Å². The van der Waals surface area contributed by atoms with Gasteiger partial charge in [-0.1, -0.05) is 17.7 Å². The zero-order chi connectivity index (χ0) is 16.5. The van der Waals surface area contributed by atoms with Crippen LogP contribution in [0, 0.1) is 16.3 Å². The van der Waals surface area contributed by atoms with Crippen LogP contribution < -0.4 is 4.72 Å². The summed E-state index contributed by atoms with van der Waals surface area (Å²) in [4.78, 5) is 11.1. The van der Waals surface area contributed by atoms with Crippen molar-refractivity contribution in [2.45, 2.75) is 11.8 Å². The van der Waals surface area contributed by atoms with Gasteiger partial charge in [0.1, 0.15) is 5.69 Å². The van der Waals surface area contributed by atoms with Crippen LogP contribution in [0.3, 0.4) is 0 Å². The highest BCUT2D eigenvalue weighted by Gasteiger charge is 2.23. The second-order valence-electron chi connectivity index (χ2n) is 4.51. The second kappa shape index (κ2) is 6.21. The number of aryl methyl sites for hydroxylation is 1. The van der Waals surface area contributed by atoms with Crippen molar-refractivity contribution in [3.63, 3.8) is 0 Å². The molecule has 0 radical (unpaired) electrons. The van der Waals surface area contributed by atoms with Crippen LogP contribution in [0.1, 0.15) is 15.9 Å². The largest absolute Gasteiger partial charge is 0.478 e. The molecule has 0 heterocycles. The molecular weight excluding hydrogens is 424 g/mol. The standard InChI is InChI=1S/C14H11FINO4S/c1-8-2-4-9(5-3-8)22(20,21)17-13-10(14(18)19)6-7-11(16)12(13)15/h2-7,17H,1H3,(H,18,19). The van der Waals surface area contributed by atoms with E-state index in [0.29, 0.717) is 0 Å². The van der Waals surface area contributed by atoms with Crippen molar-refractivity contribution in [1.29, 1.82) is 0 Å². The summed E-state index contributed by atoms with van der Waals surface area (Å²) in [5.41, 5.74) is -0.154. The number of carboxylic acid groups (broad SMARTS) is 1. The monoisotopic (exact) mass is 435 g/mol. The Labute approximate surface area is 140 Å². The molecule has 0 saturated carbocycles. The van der Waals surface area contributed by atoms with Crippen LogP contribution in [0.5, 0.6) is 0 Å². The smallest absolute Gasteiger partial charge is 0.337 e. The number of halogens is 2. The van der Waals surface area contributed by atoms with Gasteiger partial charge in [-0.2, -0.15) is 0 Å². The Bertz CT molecular complexity index is 835. The van der Waals surface area contributed by atoms with Gasteiger partial charge in [-0.05, 0) is 53.8 Å². The summed E-state index contributed by atoms with van der Waals surface area (Å²) in [6.07, 6.45) is 0. The molecule has 0 unspecified atom stereocenters. The van der Waals surface area contributed by atoms with E-state index >= 15 is 0 Å². The lowest BCUT2D eigenvalue weighted by Gasteiger charge is -2.12. The molecule has 0 aliphatic carbocycles. The number of nitrogens with one attached hydrogen (secondary N) is 1. The molecule has 0 aliphatic rings. The number of rotatable bonds is 4. The molecule has 5 nitrogen and oxygen atoms in total. The van der Waals surface area contributed by atoms with Crippen LogP contribution in [-0.4, -0.2) is 19.5 Å². The van der Waals surface area contributed by atoms with Crippen molar-refractivity contribution in [2.24, 2.45) is 0 Å². The van der Waals surface area contributed by atoms with Crippen molar-refractivity contribution in [3.8, 4) is 0 Å². The molecule has 2 rings (SSSR count). The molecule has 0 spiro atoms. The fraction of sp³-hybridized carbons (Fsp3) is 0.0714. The maximum atomic E-state index is 14.1. The van der Waals surface area contributed by atoms with Crippen LogP contribution in [0.25, 0.3) is 0 Å². The van der Waals surface area contributed by atoms with E-state index < -0.39 is 33.1 Å². The molecule has 8 heteroatoms. The van der Waals surface area contributed by atoms with Crippen molar-refractivity contribution in [2.75, 3.05) is 4.72 Å². The molecule has 22 heavy (non-hydrogen) atoms. The minimum Gasteiger partial charge on any atom is -0.478 e. The number of carboxylic acids is 1.